The van der Waals surface area contributed by atoms with Crippen LogP contribution in [0.15, 0.2) is 24.3 Å². The molecule has 0 unspecified atom stereocenters. The van der Waals surface area contributed by atoms with E-state index >= 15 is 0 Å². The van der Waals surface area contributed by atoms with E-state index in [9.17, 15) is 9.90 Å². The van der Waals surface area contributed by atoms with E-state index in [0.717, 1.165) is 5.75 Å². The molecule has 1 fully saturated rings. The molecule has 1 aliphatic heterocycles. The lowest BCUT2D eigenvalue weighted by atomic mass is 9.90. The number of aliphatic hydroxyl groups is 1. The number of benzene rings is 1. The predicted molar refractivity (Wildman–Crippen MR) is 74.8 cm³/mol. The van der Waals surface area contributed by atoms with E-state index in [2.05, 4.69) is 6.26 Å². The van der Waals surface area contributed by atoms with Crippen molar-refractivity contribution in [2.45, 2.75) is 24.7 Å². The van der Waals surface area contributed by atoms with Crippen molar-refractivity contribution in [1.29, 1.82) is 0 Å². The maximum Gasteiger partial charge on any atom is 0.254 e. The molecule has 0 aliphatic carbocycles. The SMILES string of the molecule is CCC1(O)CN(C(=O)c2ccc(CSC)cc2)C1. The van der Waals surface area contributed by atoms with Crippen LogP contribution in [-0.2, 0) is 5.75 Å². The summed E-state index contributed by atoms with van der Waals surface area (Å²) in [4.78, 5) is 13.8. The monoisotopic (exact) mass is 265 g/mol. The second-order valence-corrected chi connectivity index (χ2v) is 5.74. The van der Waals surface area contributed by atoms with Gasteiger partial charge in [-0.05, 0) is 30.4 Å². The Morgan fingerprint density at radius 3 is 2.50 bits per heavy atom. The van der Waals surface area contributed by atoms with Gasteiger partial charge in [-0.15, -0.1) is 0 Å². The van der Waals surface area contributed by atoms with E-state index in [1.807, 2.05) is 31.2 Å². The van der Waals surface area contributed by atoms with Gasteiger partial charge in [0.25, 0.3) is 5.91 Å². The van der Waals surface area contributed by atoms with Gasteiger partial charge in [0.1, 0.15) is 0 Å². The summed E-state index contributed by atoms with van der Waals surface area (Å²) in [6.45, 7) is 2.85. The lowest BCUT2D eigenvalue weighted by molar-refractivity contribution is -0.0826. The summed E-state index contributed by atoms with van der Waals surface area (Å²) in [6.07, 6.45) is 2.76. The average Bonchev–Trinajstić information content (AvgIpc) is 2.35. The van der Waals surface area contributed by atoms with E-state index in [1.165, 1.54) is 5.56 Å². The largest absolute Gasteiger partial charge is 0.386 e. The Labute approximate surface area is 112 Å². The Balaban J connectivity index is 1.98. The van der Waals surface area contributed by atoms with Gasteiger partial charge < -0.3 is 10.0 Å². The van der Waals surface area contributed by atoms with Crippen LogP contribution in [0.1, 0.15) is 29.3 Å². The van der Waals surface area contributed by atoms with Gasteiger partial charge in [0, 0.05) is 11.3 Å². The molecule has 0 spiro atoms. The minimum atomic E-state index is -0.658. The molecular weight excluding hydrogens is 246 g/mol. The third kappa shape index (κ3) is 2.70. The lowest BCUT2D eigenvalue weighted by Crippen LogP contribution is -2.63. The van der Waals surface area contributed by atoms with Crippen LogP contribution in [0.5, 0.6) is 0 Å². The van der Waals surface area contributed by atoms with Crippen LogP contribution in [-0.4, -0.2) is 40.9 Å². The standard InChI is InChI=1S/C14H19NO2S/c1-3-14(17)9-15(10-14)13(16)12-6-4-11(5-7-12)8-18-2/h4-7,17H,3,8-10H2,1-2H3. The van der Waals surface area contributed by atoms with Crippen LogP contribution in [0.4, 0.5) is 0 Å². The number of hydrogen-bond acceptors (Lipinski definition) is 3. The van der Waals surface area contributed by atoms with Crippen LogP contribution in [0.25, 0.3) is 0 Å². The van der Waals surface area contributed by atoms with Crippen LogP contribution in [0, 0.1) is 0 Å². The number of nitrogens with zero attached hydrogens (tertiary/aromatic N) is 1. The fourth-order valence-corrected chi connectivity index (χ4v) is 2.65. The molecule has 2 rings (SSSR count). The highest BCUT2D eigenvalue weighted by Gasteiger charge is 2.42. The second-order valence-electron chi connectivity index (χ2n) is 4.87. The Morgan fingerprint density at radius 1 is 1.39 bits per heavy atom. The molecule has 98 valence electrons. The highest BCUT2D eigenvalue weighted by Crippen LogP contribution is 2.25. The summed E-state index contributed by atoms with van der Waals surface area (Å²) in [5, 5.41) is 9.90. The van der Waals surface area contributed by atoms with Gasteiger partial charge in [-0.3, -0.25) is 4.79 Å². The minimum absolute atomic E-state index is 0.0174. The Hall–Kier alpha value is -1.00. The van der Waals surface area contributed by atoms with Gasteiger partial charge in [-0.2, -0.15) is 11.8 Å². The lowest BCUT2D eigenvalue weighted by Gasteiger charge is -2.46. The smallest absolute Gasteiger partial charge is 0.254 e. The van der Waals surface area contributed by atoms with Crippen LogP contribution in [0.3, 0.4) is 0 Å². The summed E-state index contributed by atoms with van der Waals surface area (Å²) >= 11 is 1.77. The quantitative estimate of drug-likeness (QED) is 0.907. The van der Waals surface area contributed by atoms with Crippen molar-refractivity contribution in [1.82, 2.24) is 4.90 Å². The Kier molecular flexibility index (Phi) is 3.97. The zero-order valence-electron chi connectivity index (χ0n) is 10.8. The van der Waals surface area contributed by atoms with E-state index in [4.69, 9.17) is 0 Å². The first-order valence-corrected chi connectivity index (χ1v) is 7.57. The zero-order chi connectivity index (χ0) is 13.2. The van der Waals surface area contributed by atoms with E-state index in [-0.39, 0.29) is 5.91 Å². The topological polar surface area (TPSA) is 40.5 Å². The molecule has 4 heteroatoms. The van der Waals surface area contributed by atoms with Crippen molar-refractivity contribution in [2.75, 3.05) is 19.3 Å². The molecule has 0 saturated carbocycles. The molecule has 0 atom stereocenters. The van der Waals surface area contributed by atoms with Crippen molar-refractivity contribution in [2.24, 2.45) is 0 Å². The van der Waals surface area contributed by atoms with Crippen molar-refractivity contribution >= 4 is 17.7 Å². The summed E-state index contributed by atoms with van der Waals surface area (Å²) in [5.41, 5.74) is 1.28. The number of likely N-dealkylation sites (tertiary alicyclic amines) is 1. The van der Waals surface area contributed by atoms with Crippen molar-refractivity contribution in [3.63, 3.8) is 0 Å². The van der Waals surface area contributed by atoms with Gasteiger partial charge in [0.2, 0.25) is 0 Å². The highest BCUT2D eigenvalue weighted by molar-refractivity contribution is 7.97. The Bertz CT molecular complexity index is 424. The number of rotatable bonds is 4. The fourth-order valence-electron chi connectivity index (χ4n) is 2.12. The number of hydrogen-bond donors (Lipinski definition) is 1. The summed E-state index contributed by atoms with van der Waals surface area (Å²) < 4.78 is 0. The van der Waals surface area contributed by atoms with E-state index < -0.39 is 5.60 Å². The first-order chi connectivity index (χ1) is 8.58. The van der Waals surface area contributed by atoms with Crippen molar-refractivity contribution < 1.29 is 9.90 Å². The van der Waals surface area contributed by atoms with Crippen LogP contribution >= 0.6 is 11.8 Å². The molecule has 3 nitrogen and oxygen atoms in total. The minimum Gasteiger partial charge on any atom is -0.386 e. The first kappa shape index (κ1) is 13.4. The fraction of sp³-hybridized carbons (Fsp3) is 0.500. The number of carbonyl (C=O) groups is 1. The third-order valence-electron chi connectivity index (χ3n) is 3.43. The average molecular weight is 265 g/mol. The molecule has 1 amide bonds. The number of carbonyl (C=O) groups excluding carboxylic acids is 1. The maximum absolute atomic E-state index is 12.1. The molecule has 1 heterocycles. The van der Waals surface area contributed by atoms with E-state index in [0.29, 0.717) is 25.1 Å². The molecule has 1 aliphatic rings. The van der Waals surface area contributed by atoms with Crippen molar-refractivity contribution in [3.8, 4) is 0 Å². The zero-order valence-corrected chi connectivity index (χ0v) is 11.7. The van der Waals surface area contributed by atoms with Crippen LogP contribution < -0.4 is 0 Å². The molecule has 0 bridgehead atoms. The number of β-amino-alcohol motifs (C(OH)–C–C–N with tert-alkyl or cyclic N) is 1. The summed E-state index contributed by atoms with van der Waals surface area (Å²) in [5.74, 6) is 0.983. The van der Waals surface area contributed by atoms with Crippen molar-refractivity contribution in [3.05, 3.63) is 35.4 Å². The van der Waals surface area contributed by atoms with E-state index in [1.54, 1.807) is 16.7 Å². The third-order valence-corrected chi connectivity index (χ3v) is 4.05. The van der Waals surface area contributed by atoms with Gasteiger partial charge >= 0.3 is 0 Å². The van der Waals surface area contributed by atoms with Gasteiger partial charge in [-0.25, -0.2) is 0 Å². The predicted octanol–water partition coefficient (Wildman–Crippen LogP) is 2.15. The number of thioether (sulfide) groups is 1. The van der Waals surface area contributed by atoms with Crippen LogP contribution in [0.2, 0.25) is 0 Å². The molecule has 18 heavy (non-hydrogen) atoms. The molecule has 0 radical (unpaired) electrons. The summed E-state index contributed by atoms with van der Waals surface area (Å²) in [7, 11) is 0. The molecule has 1 saturated heterocycles. The van der Waals surface area contributed by atoms with Gasteiger partial charge in [0.05, 0.1) is 18.7 Å². The highest BCUT2D eigenvalue weighted by atomic mass is 32.2. The first-order valence-electron chi connectivity index (χ1n) is 6.17. The number of amides is 1. The maximum atomic E-state index is 12.1. The molecule has 0 aromatic heterocycles. The summed E-state index contributed by atoms with van der Waals surface area (Å²) in [6, 6.07) is 7.74. The second kappa shape index (κ2) is 5.33. The molecular formula is C14H19NO2S. The Morgan fingerprint density at radius 2 is 2.00 bits per heavy atom. The molecule has 1 aromatic rings. The molecule has 1 N–H and O–H groups in total. The molecule has 1 aromatic carbocycles. The normalized spacial score (nSPS) is 17.4. The van der Waals surface area contributed by atoms with Gasteiger partial charge in [0.15, 0.2) is 0 Å². The van der Waals surface area contributed by atoms with Gasteiger partial charge in [-0.1, -0.05) is 19.1 Å².